The fraction of sp³-hybridized carbons (Fsp3) is 0.208. The number of hydrogen-bond acceptors (Lipinski definition) is 4. The third kappa shape index (κ3) is 4.21. The van der Waals surface area contributed by atoms with Gasteiger partial charge in [-0.1, -0.05) is 42.5 Å². The van der Waals surface area contributed by atoms with E-state index in [0.29, 0.717) is 23.5 Å². The van der Waals surface area contributed by atoms with Gasteiger partial charge in [0.1, 0.15) is 6.54 Å². The van der Waals surface area contributed by atoms with E-state index < -0.39 is 18.5 Å². The van der Waals surface area contributed by atoms with Crippen LogP contribution in [0, 0.1) is 13.8 Å². The summed E-state index contributed by atoms with van der Waals surface area (Å²) in [6.45, 7) is 3.88. The summed E-state index contributed by atoms with van der Waals surface area (Å²) in [5.74, 6) is -1.30. The predicted octanol–water partition coefficient (Wildman–Crippen LogP) is 3.30. The Labute approximate surface area is 180 Å². The minimum atomic E-state index is -0.560. The molecule has 0 atom stereocenters. The highest BCUT2D eigenvalue weighted by Gasteiger charge is 2.27. The van der Waals surface area contributed by atoms with Crippen molar-refractivity contribution in [2.75, 3.05) is 23.4 Å². The molecular weight excluding hydrogens is 394 g/mol. The van der Waals surface area contributed by atoms with Crippen molar-refractivity contribution in [3.63, 3.8) is 0 Å². The van der Waals surface area contributed by atoms with E-state index in [1.54, 1.807) is 30.3 Å². The lowest BCUT2D eigenvalue weighted by molar-refractivity contribution is -0.124. The highest BCUT2D eigenvalue weighted by molar-refractivity contribution is 6.10. The second-order valence-corrected chi connectivity index (χ2v) is 7.48. The van der Waals surface area contributed by atoms with E-state index in [4.69, 9.17) is 4.74 Å². The van der Waals surface area contributed by atoms with Gasteiger partial charge >= 0.3 is 5.97 Å². The second kappa shape index (κ2) is 8.47. The number of rotatable bonds is 5. The summed E-state index contributed by atoms with van der Waals surface area (Å²) in [7, 11) is 0. The molecule has 0 saturated carbocycles. The molecular formula is C24H23N3O4. The molecule has 0 radical (unpaired) electrons. The summed E-state index contributed by atoms with van der Waals surface area (Å²) in [4.78, 5) is 38.7. The van der Waals surface area contributed by atoms with Gasteiger partial charge in [-0.25, -0.2) is 4.79 Å². The molecule has 7 nitrogen and oxygen atoms in total. The van der Waals surface area contributed by atoms with Crippen LogP contribution in [0.5, 0.6) is 0 Å². The summed E-state index contributed by atoms with van der Waals surface area (Å²) < 4.78 is 7.36. The number of amides is 2. The maximum atomic E-state index is 12.7. The minimum Gasteiger partial charge on any atom is -0.452 e. The Balaban J connectivity index is 1.45. The molecule has 1 aliphatic heterocycles. The molecule has 0 fully saturated rings. The topological polar surface area (TPSA) is 80.6 Å². The Bertz CT molecular complexity index is 1150. The Morgan fingerprint density at radius 2 is 1.74 bits per heavy atom. The van der Waals surface area contributed by atoms with Gasteiger partial charge < -0.3 is 14.6 Å². The molecule has 31 heavy (non-hydrogen) atoms. The number of hydrogen-bond donors (Lipinski definition) is 1. The van der Waals surface area contributed by atoms with E-state index in [2.05, 4.69) is 5.32 Å². The smallest absolute Gasteiger partial charge is 0.340 e. The molecule has 0 spiro atoms. The largest absolute Gasteiger partial charge is 0.452 e. The average Bonchev–Trinajstić information content (AvgIpc) is 3.05. The summed E-state index contributed by atoms with van der Waals surface area (Å²) in [5.41, 5.74) is 4.41. The fourth-order valence-corrected chi connectivity index (χ4v) is 3.76. The molecule has 0 aliphatic carbocycles. The van der Waals surface area contributed by atoms with Crippen LogP contribution in [0.3, 0.4) is 0 Å². The van der Waals surface area contributed by atoms with Crippen molar-refractivity contribution in [1.29, 1.82) is 0 Å². The average molecular weight is 417 g/mol. The lowest BCUT2D eigenvalue weighted by Gasteiger charge is -2.28. The highest BCUT2D eigenvalue weighted by Crippen LogP contribution is 2.29. The first-order chi connectivity index (χ1) is 14.9. The van der Waals surface area contributed by atoms with E-state index in [1.807, 2.05) is 48.7 Å². The number of para-hydroxylation sites is 2. The number of nitrogens with one attached hydrogen (secondary N) is 1. The molecule has 2 heterocycles. The normalized spacial score (nSPS) is 12.8. The van der Waals surface area contributed by atoms with Gasteiger partial charge in [0.05, 0.1) is 16.9 Å². The predicted molar refractivity (Wildman–Crippen MR) is 117 cm³/mol. The molecule has 7 heteroatoms. The van der Waals surface area contributed by atoms with Crippen LogP contribution in [0.2, 0.25) is 0 Å². The van der Waals surface area contributed by atoms with Crippen molar-refractivity contribution in [3.8, 4) is 0 Å². The summed E-state index contributed by atoms with van der Waals surface area (Å²) in [6, 6.07) is 18.8. The highest BCUT2D eigenvalue weighted by atomic mass is 16.5. The number of aryl methyl sites for hydroxylation is 1. The maximum Gasteiger partial charge on any atom is 0.340 e. The first kappa shape index (κ1) is 20.4. The molecule has 3 aromatic rings. The lowest BCUT2D eigenvalue weighted by Crippen LogP contribution is -2.44. The number of benzene rings is 2. The number of aromatic nitrogens is 1. The van der Waals surface area contributed by atoms with E-state index in [1.165, 1.54) is 4.90 Å². The summed E-state index contributed by atoms with van der Waals surface area (Å²) in [5, 5.41) is 2.73. The monoisotopic (exact) mass is 417 g/mol. The van der Waals surface area contributed by atoms with Crippen molar-refractivity contribution in [3.05, 3.63) is 83.2 Å². The Kier molecular flexibility index (Phi) is 5.58. The molecule has 1 aromatic heterocycles. The zero-order chi connectivity index (χ0) is 22.0. The van der Waals surface area contributed by atoms with Gasteiger partial charge in [-0.3, -0.25) is 14.5 Å². The van der Waals surface area contributed by atoms with Crippen molar-refractivity contribution in [2.45, 2.75) is 20.4 Å². The molecule has 2 amide bonds. The first-order valence-electron chi connectivity index (χ1n) is 10.0. The van der Waals surface area contributed by atoms with Gasteiger partial charge in [0.2, 0.25) is 5.91 Å². The molecule has 1 N–H and O–H groups in total. The Morgan fingerprint density at radius 3 is 2.52 bits per heavy atom. The fourth-order valence-electron chi connectivity index (χ4n) is 3.76. The second-order valence-electron chi connectivity index (χ2n) is 7.48. The Morgan fingerprint density at radius 1 is 1.03 bits per heavy atom. The number of anilines is 2. The summed E-state index contributed by atoms with van der Waals surface area (Å²) in [6.07, 6.45) is 0. The molecule has 158 valence electrons. The minimum absolute atomic E-state index is 0.112. The van der Waals surface area contributed by atoms with Gasteiger partial charge in [0.25, 0.3) is 5.91 Å². The number of carbonyl (C=O) groups excluding carboxylic acids is 3. The molecule has 0 unspecified atom stereocenters. The van der Waals surface area contributed by atoms with Gasteiger partial charge in [0, 0.05) is 17.9 Å². The zero-order valence-corrected chi connectivity index (χ0v) is 17.4. The number of esters is 1. The third-order valence-corrected chi connectivity index (χ3v) is 5.38. The van der Waals surface area contributed by atoms with Crippen molar-refractivity contribution in [2.24, 2.45) is 0 Å². The van der Waals surface area contributed by atoms with Crippen LogP contribution in [0.4, 0.5) is 11.4 Å². The number of ether oxygens (including phenoxy) is 1. The Hall–Kier alpha value is -3.87. The van der Waals surface area contributed by atoms with Crippen LogP contribution in [-0.2, 0) is 20.9 Å². The third-order valence-electron chi connectivity index (χ3n) is 5.38. The molecule has 0 bridgehead atoms. The van der Waals surface area contributed by atoms with Crippen LogP contribution < -0.4 is 10.2 Å². The van der Waals surface area contributed by atoms with Gasteiger partial charge in [-0.2, -0.15) is 0 Å². The van der Waals surface area contributed by atoms with Crippen molar-refractivity contribution >= 4 is 29.2 Å². The SMILES string of the molecule is Cc1cc(C(=O)OCC(=O)N2CC(=O)Nc3ccccc32)c(C)n1Cc1ccccc1. The van der Waals surface area contributed by atoms with Crippen molar-refractivity contribution in [1.82, 2.24) is 4.57 Å². The standard InChI is InChI=1S/C24H23N3O4/c1-16-12-19(17(2)26(16)13-18-8-4-3-5-9-18)24(30)31-15-23(29)27-14-22(28)25-20-10-6-7-11-21(20)27/h3-12H,13-15H2,1-2H3,(H,25,28). The van der Waals surface area contributed by atoms with E-state index in [9.17, 15) is 14.4 Å². The van der Waals surface area contributed by atoms with E-state index in [-0.39, 0.29) is 12.5 Å². The lowest BCUT2D eigenvalue weighted by atomic mass is 10.2. The summed E-state index contributed by atoms with van der Waals surface area (Å²) >= 11 is 0. The van der Waals surface area contributed by atoms with Gasteiger partial charge in [0.15, 0.2) is 6.61 Å². The van der Waals surface area contributed by atoms with Crippen LogP contribution in [0.25, 0.3) is 0 Å². The number of nitrogens with zero attached hydrogens (tertiary/aromatic N) is 2. The molecule has 0 saturated heterocycles. The van der Waals surface area contributed by atoms with Crippen LogP contribution in [0.1, 0.15) is 27.3 Å². The van der Waals surface area contributed by atoms with Gasteiger partial charge in [-0.05, 0) is 37.6 Å². The number of carbonyl (C=O) groups is 3. The zero-order valence-electron chi connectivity index (χ0n) is 17.4. The quantitative estimate of drug-likeness (QED) is 0.646. The first-order valence-corrected chi connectivity index (χ1v) is 10.0. The maximum absolute atomic E-state index is 12.7. The molecule has 4 rings (SSSR count). The number of fused-ring (bicyclic) bond motifs is 1. The van der Waals surface area contributed by atoms with Crippen molar-refractivity contribution < 1.29 is 19.1 Å². The van der Waals surface area contributed by atoms with E-state index in [0.717, 1.165) is 17.0 Å². The molecule has 2 aromatic carbocycles. The van der Waals surface area contributed by atoms with Crippen LogP contribution >= 0.6 is 0 Å². The molecule has 1 aliphatic rings. The van der Waals surface area contributed by atoms with E-state index >= 15 is 0 Å². The van der Waals surface area contributed by atoms with Crippen LogP contribution in [-0.4, -0.2) is 35.5 Å². The van der Waals surface area contributed by atoms with Gasteiger partial charge in [-0.15, -0.1) is 0 Å². The van der Waals surface area contributed by atoms with Crippen LogP contribution in [0.15, 0.2) is 60.7 Å².